The zero-order valence-corrected chi connectivity index (χ0v) is 12.2. The van der Waals surface area contributed by atoms with E-state index in [1.165, 1.54) is 6.07 Å². The lowest BCUT2D eigenvalue weighted by Crippen LogP contribution is -1.97. The minimum absolute atomic E-state index is 0.466. The summed E-state index contributed by atoms with van der Waals surface area (Å²) in [6, 6.07) is 11.1. The van der Waals surface area contributed by atoms with Gasteiger partial charge in [-0.3, -0.25) is 0 Å². The van der Waals surface area contributed by atoms with Gasteiger partial charge in [-0.2, -0.15) is 0 Å². The van der Waals surface area contributed by atoms with Crippen LogP contribution in [0.1, 0.15) is 5.69 Å². The maximum absolute atomic E-state index is 13.3. The number of anilines is 2. The highest BCUT2D eigenvalue weighted by atomic mass is 19.2. The van der Waals surface area contributed by atoms with Crippen LogP contribution in [-0.2, 0) is 0 Å². The fourth-order valence-corrected chi connectivity index (χ4v) is 2.35. The molecule has 0 saturated heterocycles. The molecule has 5 heteroatoms. The van der Waals surface area contributed by atoms with E-state index < -0.39 is 11.6 Å². The second-order valence-corrected chi connectivity index (χ2v) is 4.92. The first-order chi connectivity index (χ1) is 10.6. The van der Waals surface area contributed by atoms with Gasteiger partial charge >= 0.3 is 0 Å². The average Bonchev–Trinajstić information content (AvgIpc) is 2.50. The number of ether oxygens (including phenoxy) is 1. The summed E-state index contributed by atoms with van der Waals surface area (Å²) in [7, 11) is 1.58. The molecule has 22 heavy (non-hydrogen) atoms. The van der Waals surface area contributed by atoms with Crippen molar-refractivity contribution in [3.63, 3.8) is 0 Å². The molecule has 112 valence electrons. The van der Waals surface area contributed by atoms with Crippen molar-refractivity contribution in [3.05, 3.63) is 59.8 Å². The van der Waals surface area contributed by atoms with Gasteiger partial charge in [-0.1, -0.05) is 12.1 Å². The van der Waals surface area contributed by atoms with Crippen LogP contribution in [0.15, 0.2) is 42.5 Å². The molecule has 1 heterocycles. The largest absolute Gasteiger partial charge is 0.494 e. The first-order valence-electron chi connectivity index (χ1n) is 6.75. The van der Waals surface area contributed by atoms with Crippen LogP contribution in [-0.4, -0.2) is 12.1 Å². The van der Waals surface area contributed by atoms with Crippen molar-refractivity contribution in [2.75, 3.05) is 12.4 Å². The zero-order chi connectivity index (χ0) is 15.7. The molecule has 1 aromatic heterocycles. The van der Waals surface area contributed by atoms with E-state index in [1.807, 2.05) is 31.2 Å². The van der Waals surface area contributed by atoms with Crippen LogP contribution in [0.2, 0.25) is 0 Å². The number of para-hydroxylation sites is 1. The first-order valence-corrected chi connectivity index (χ1v) is 6.75. The van der Waals surface area contributed by atoms with Crippen molar-refractivity contribution in [2.24, 2.45) is 0 Å². The fraction of sp³-hybridized carbons (Fsp3) is 0.118. The Kier molecular flexibility index (Phi) is 3.63. The smallest absolute Gasteiger partial charge is 0.160 e. The van der Waals surface area contributed by atoms with Crippen LogP contribution >= 0.6 is 0 Å². The molecule has 3 rings (SSSR count). The molecule has 0 aliphatic heterocycles. The van der Waals surface area contributed by atoms with E-state index in [-0.39, 0.29) is 0 Å². The number of hydrogen-bond donors (Lipinski definition) is 1. The molecule has 0 unspecified atom stereocenters. The van der Waals surface area contributed by atoms with Crippen molar-refractivity contribution >= 4 is 22.3 Å². The number of nitrogens with one attached hydrogen (secondary N) is 1. The molecule has 2 aromatic carbocycles. The van der Waals surface area contributed by atoms with Gasteiger partial charge in [0, 0.05) is 28.5 Å². The van der Waals surface area contributed by atoms with Gasteiger partial charge in [-0.25, -0.2) is 13.8 Å². The Balaban J connectivity index is 2.12. The Morgan fingerprint density at radius 3 is 2.59 bits per heavy atom. The standard InChI is InChI=1S/C17H14F2N2O/c1-10-8-15(21-11-6-7-13(18)14(19)9-11)12-4-3-5-16(22-2)17(12)20-10/h3-9H,1-2H3,(H,20,21). The van der Waals surface area contributed by atoms with Gasteiger partial charge in [0.25, 0.3) is 0 Å². The Hall–Kier alpha value is -2.69. The van der Waals surface area contributed by atoms with Crippen molar-refractivity contribution < 1.29 is 13.5 Å². The monoisotopic (exact) mass is 300 g/mol. The maximum Gasteiger partial charge on any atom is 0.160 e. The maximum atomic E-state index is 13.3. The Labute approximate surface area is 126 Å². The van der Waals surface area contributed by atoms with Crippen molar-refractivity contribution in [1.29, 1.82) is 0 Å². The molecule has 0 fully saturated rings. The summed E-state index contributed by atoms with van der Waals surface area (Å²) < 4.78 is 31.7. The summed E-state index contributed by atoms with van der Waals surface area (Å²) in [6.07, 6.45) is 0. The number of fused-ring (bicyclic) bond motifs is 1. The highest BCUT2D eigenvalue weighted by molar-refractivity contribution is 5.96. The molecule has 1 N–H and O–H groups in total. The quantitative estimate of drug-likeness (QED) is 0.769. The number of benzene rings is 2. The fourth-order valence-electron chi connectivity index (χ4n) is 2.35. The number of aromatic nitrogens is 1. The van der Waals surface area contributed by atoms with Crippen molar-refractivity contribution in [1.82, 2.24) is 4.98 Å². The Bertz CT molecular complexity index is 849. The highest BCUT2D eigenvalue weighted by Crippen LogP contribution is 2.31. The number of pyridine rings is 1. The second kappa shape index (κ2) is 5.60. The third-order valence-corrected chi connectivity index (χ3v) is 3.35. The van der Waals surface area contributed by atoms with Gasteiger partial charge in [-0.05, 0) is 31.2 Å². The minimum Gasteiger partial charge on any atom is -0.494 e. The van der Waals surface area contributed by atoms with Crippen LogP contribution < -0.4 is 10.1 Å². The third-order valence-electron chi connectivity index (χ3n) is 3.35. The number of nitrogens with zero attached hydrogens (tertiary/aromatic N) is 1. The molecule has 0 saturated carbocycles. The second-order valence-electron chi connectivity index (χ2n) is 4.92. The normalized spacial score (nSPS) is 10.7. The molecule has 3 nitrogen and oxygen atoms in total. The van der Waals surface area contributed by atoms with Crippen LogP contribution in [0.25, 0.3) is 10.9 Å². The molecule has 0 aliphatic carbocycles. The van der Waals surface area contributed by atoms with E-state index >= 15 is 0 Å². The molecule has 0 amide bonds. The van der Waals surface area contributed by atoms with Gasteiger partial charge in [0.1, 0.15) is 11.3 Å². The predicted molar refractivity (Wildman–Crippen MR) is 82.7 cm³/mol. The van der Waals surface area contributed by atoms with Gasteiger partial charge < -0.3 is 10.1 Å². The number of methoxy groups -OCH3 is 1. The molecule has 3 aromatic rings. The number of aryl methyl sites for hydroxylation is 1. The van der Waals surface area contributed by atoms with Crippen molar-refractivity contribution in [3.8, 4) is 5.75 Å². The lowest BCUT2D eigenvalue weighted by molar-refractivity contribution is 0.419. The topological polar surface area (TPSA) is 34.1 Å². The van der Waals surface area contributed by atoms with Crippen LogP contribution in [0, 0.1) is 18.6 Å². The minimum atomic E-state index is -0.891. The van der Waals surface area contributed by atoms with E-state index in [1.54, 1.807) is 7.11 Å². The summed E-state index contributed by atoms with van der Waals surface area (Å²) >= 11 is 0. The zero-order valence-electron chi connectivity index (χ0n) is 12.2. The molecular formula is C17H14F2N2O. The summed E-state index contributed by atoms with van der Waals surface area (Å²) in [5, 5.41) is 3.95. The molecule has 0 atom stereocenters. The lowest BCUT2D eigenvalue weighted by atomic mass is 10.1. The summed E-state index contributed by atoms with van der Waals surface area (Å²) in [5.74, 6) is -1.10. The van der Waals surface area contributed by atoms with Crippen molar-refractivity contribution in [2.45, 2.75) is 6.92 Å². The third kappa shape index (κ3) is 2.57. The predicted octanol–water partition coefficient (Wildman–Crippen LogP) is 4.57. The van der Waals surface area contributed by atoms with Gasteiger partial charge in [-0.15, -0.1) is 0 Å². The number of rotatable bonds is 3. The number of hydrogen-bond acceptors (Lipinski definition) is 3. The van der Waals surface area contributed by atoms with Gasteiger partial charge in [0.15, 0.2) is 11.6 Å². The number of halogens is 2. The van der Waals surface area contributed by atoms with E-state index in [4.69, 9.17) is 4.74 Å². The molecule has 0 spiro atoms. The molecular weight excluding hydrogens is 286 g/mol. The highest BCUT2D eigenvalue weighted by Gasteiger charge is 2.10. The molecule has 0 aliphatic rings. The van der Waals surface area contributed by atoms with E-state index in [0.717, 1.165) is 34.4 Å². The molecule has 0 radical (unpaired) electrons. The SMILES string of the molecule is COc1cccc2c(Nc3ccc(F)c(F)c3)cc(C)nc12. The van der Waals surface area contributed by atoms with Crippen LogP contribution in [0.4, 0.5) is 20.2 Å². The van der Waals surface area contributed by atoms with Crippen LogP contribution in [0.3, 0.4) is 0 Å². The summed E-state index contributed by atoms with van der Waals surface area (Å²) in [6.45, 7) is 1.86. The van der Waals surface area contributed by atoms with E-state index in [2.05, 4.69) is 10.3 Å². The molecule has 0 bridgehead atoms. The van der Waals surface area contributed by atoms with E-state index in [0.29, 0.717) is 11.4 Å². The van der Waals surface area contributed by atoms with Gasteiger partial charge in [0.05, 0.1) is 7.11 Å². The lowest BCUT2D eigenvalue weighted by Gasteiger charge is -2.13. The van der Waals surface area contributed by atoms with E-state index in [9.17, 15) is 8.78 Å². The first kappa shape index (κ1) is 14.3. The Morgan fingerprint density at radius 1 is 1.05 bits per heavy atom. The average molecular weight is 300 g/mol. The summed E-state index contributed by atoms with van der Waals surface area (Å²) in [5.41, 5.74) is 2.73. The summed E-state index contributed by atoms with van der Waals surface area (Å²) in [4.78, 5) is 4.48. The Morgan fingerprint density at radius 2 is 1.86 bits per heavy atom. The van der Waals surface area contributed by atoms with Crippen LogP contribution in [0.5, 0.6) is 5.75 Å². The van der Waals surface area contributed by atoms with Gasteiger partial charge in [0.2, 0.25) is 0 Å².